The molecule has 1 atom stereocenters. The third-order valence-corrected chi connectivity index (χ3v) is 3.52. The molecule has 0 amide bonds. The maximum Gasteiger partial charge on any atom is 0.390 e. The van der Waals surface area contributed by atoms with Crippen LogP contribution in [0.1, 0.15) is 26.7 Å². The van der Waals surface area contributed by atoms with Crippen LogP contribution in [0.25, 0.3) is 0 Å². The molecule has 0 aromatic rings. The zero-order valence-electron chi connectivity index (χ0n) is 9.97. The number of sulfonamides is 1. The van der Waals surface area contributed by atoms with Gasteiger partial charge < -0.3 is 5.32 Å². The van der Waals surface area contributed by atoms with Gasteiger partial charge in [-0.2, -0.15) is 13.2 Å². The van der Waals surface area contributed by atoms with Crippen molar-refractivity contribution in [1.82, 2.24) is 10.0 Å². The van der Waals surface area contributed by atoms with Gasteiger partial charge in [-0.15, -0.1) is 0 Å². The highest BCUT2D eigenvalue weighted by molar-refractivity contribution is 7.89. The van der Waals surface area contributed by atoms with Crippen LogP contribution in [0.5, 0.6) is 0 Å². The van der Waals surface area contributed by atoms with Crippen LogP contribution in [0.2, 0.25) is 0 Å². The summed E-state index contributed by atoms with van der Waals surface area (Å²) in [6.45, 7) is 4.36. The van der Waals surface area contributed by atoms with Gasteiger partial charge >= 0.3 is 6.18 Å². The highest BCUT2D eigenvalue weighted by Gasteiger charge is 2.31. The Morgan fingerprint density at radius 3 is 2.35 bits per heavy atom. The second-order valence-corrected chi connectivity index (χ2v) is 5.74. The van der Waals surface area contributed by atoms with Crippen LogP contribution in [0.15, 0.2) is 0 Å². The molecule has 0 saturated heterocycles. The van der Waals surface area contributed by atoms with Gasteiger partial charge in [0.25, 0.3) is 0 Å². The average Bonchev–Trinajstić information content (AvgIpc) is 2.08. The van der Waals surface area contributed by atoms with Crippen LogP contribution < -0.4 is 10.0 Å². The number of halogens is 3. The van der Waals surface area contributed by atoms with Gasteiger partial charge in [0.15, 0.2) is 0 Å². The summed E-state index contributed by atoms with van der Waals surface area (Å²) in [6.07, 6.45) is -5.13. The quantitative estimate of drug-likeness (QED) is 0.656. The van der Waals surface area contributed by atoms with Crippen molar-refractivity contribution in [2.45, 2.75) is 38.9 Å². The van der Waals surface area contributed by atoms with Crippen molar-refractivity contribution in [3.63, 3.8) is 0 Å². The number of hydrogen-bond acceptors (Lipinski definition) is 3. The lowest BCUT2D eigenvalue weighted by Gasteiger charge is -2.15. The normalized spacial score (nSPS) is 14.9. The fourth-order valence-electron chi connectivity index (χ4n) is 1.32. The Bertz CT molecular complexity index is 304. The van der Waals surface area contributed by atoms with E-state index in [4.69, 9.17) is 0 Å². The second kappa shape index (κ2) is 7.17. The van der Waals surface area contributed by atoms with Gasteiger partial charge in [0.2, 0.25) is 10.0 Å². The molecule has 104 valence electrons. The van der Waals surface area contributed by atoms with Crippen LogP contribution in [0.4, 0.5) is 13.2 Å². The molecule has 2 N–H and O–H groups in total. The van der Waals surface area contributed by atoms with E-state index in [-0.39, 0.29) is 5.75 Å². The molecule has 0 radical (unpaired) electrons. The molecule has 0 fully saturated rings. The first-order valence-electron chi connectivity index (χ1n) is 5.44. The maximum atomic E-state index is 12.0. The lowest BCUT2D eigenvalue weighted by Crippen LogP contribution is -2.37. The third-order valence-electron chi connectivity index (χ3n) is 1.94. The van der Waals surface area contributed by atoms with Gasteiger partial charge in [-0.05, 0) is 26.4 Å². The van der Waals surface area contributed by atoms with Crippen molar-refractivity contribution in [3.8, 4) is 0 Å². The molecule has 0 aromatic carbocycles. The minimum absolute atomic E-state index is 0.164. The third kappa shape index (κ3) is 10.5. The van der Waals surface area contributed by atoms with E-state index < -0.39 is 28.7 Å². The molecule has 4 nitrogen and oxygen atoms in total. The summed E-state index contributed by atoms with van der Waals surface area (Å²) < 4.78 is 60.7. The largest absolute Gasteiger partial charge is 0.390 e. The van der Waals surface area contributed by atoms with Crippen LogP contribution in [0, 0.1) is 0 Å². The zero-order valence-corrected chi connectivity index (χ0v) is 10.8. The summed E-state index contributed by atoms with van der Waals surface area (Å²) in [5.41, 5.74) is 0. The molecule has 0 heterocycles. The first kappa shape index (κ1) is 16.7. The predicted octanol–water partition coefficient (Wildman–Crippen LogP) is 1.25. The summed E-state index contributed by atoms with van der Waals surface area (Å²) in [5.74, 6) is -0.164. The van der Waals surface area contributed by atoms with Crippen LogP contribution in [0.3, 0.4) is 0 Å². The molecule has 0 spiro atoms. The predicted molar refractivity (Wildman–Crippen MR) is 60.2 cm³/mol. The monoisotopic (exact) mass is 276 g/mol. The Balaban J connectivity index is 3.99. The maximum absolute atomic E-state index is 12.0. The molecule has 0 bridgehead atoms. The summed E-state index contributed by atoms with van der Waals surface area (Å²) in [5, 5.41) is 2.94. The lowest BCUT2D eigenvalue weighted by atomic mass is 10.2. The Hall–Kier alpha value is -0.340. The minimum Gasteiger partial charge on any atom is -0.317 e. The van der Waals surface area contributed by atoms with E-state index in [9.17, 15) is 21.6 Å². The number of hydrogen-bond donors (Lipinski definition) is 2. The molecule has 17 heavy (non-hydrogen) atoms. The summed E-state index contributed by atoms with van der Waals surface area (Å²) in [6, 6.07) is -1.13. The summed E-state index contributed by atoms with van der Waals surface area (Å²) >= 11 is 0. The van der Waals surface area contributed by atoms with Crippen molar-refractivity contribution in [1.29, 1.82) is 0 Å². The molecule has 0 aliphatic carbocycles. The summed E-state index contributed by atoms with van der Waals surface area (Å²) in [4.78, 5) is 0. The number of rotatable bonds is 8. The highest BCUT2D eigenvalue weighted by Crippen LogP contribution is 2.21. The molecule has 0 aliphatic rings. The summed E-state index contributed by atoms with van der Waals surface area (Å²) in [7, 11) is -3.62. The molecular weight excluding hydrogens is 257 g/mol. The SMILES string of the molecule is CCNCCCS(=O)(=O)NC(C)CC(F)(F)F. The lowest BCUT2D eigenvalue weighted by molar-refractivity contribution is -0.137. The Morgan fingerprint density at radius 1 is 1.29 bits per heavy atom. The van der Waals surface area contributed by atoms with Crippen LogP contribution in [-0.2, 0) is 10.0 Å². The van der Waals surface area contributed by atoms with E-state index in [1.165, 1.54) is 6.92 Å². The van der Waals surface area contributed by atoms with E-state index in [1.807, 2.05) is 11.6 Å². The van der Waals surface area contributed by atoms with Gasteiger partial charge in [0.1, 0.15) is 0 Å². The van der Waals surface area contributed by atoms with E-state index >= 15 is 0 Å². The van der Waals surface area contributed by atoms with Gasteiger partial charge in [0.05, 0.1) is 12.2 Å². The Kier molecular flexibility index (Phi) is 7.03. The van der Waals surface area contributed by atoms with Crippen molar-refractivity contribution in [3.05, 3.63) is 0 Å². The molecule has 0 rings (SSSR count). The molecular formula is C9H19F3N2O2S. The molecule has 0 aliphatic heterocycles. The Labute approximate surface area is 100 Å². The first-order chi connectivity index (χ1) is 7.66. The highest BCUT2D eigenvalue weighted by atomic mass is 32.2. The van der Waals surface area contributed by atoms with Crippen molar-refractivity contribution >= 4 is 10.0 Å². The first-order valence-corrected chi connectivity index (χ1v) is 7.09. The number of alkyl halides is 3. The fourth-order valence-corrected chi connectivity index (χ4v) is 2.66. The standard InChI is InChI=1S/C9H19F3N2O2S/c1-3-13-5-4-6-17(15,16)14-8(2)7-9(10,11)12/h8,13-14H,3-7H2,1-2H3. The van der Waals surface area contributed by atoms with Gasteiger partial charge in [0, 0.05) is 6.04 Å². The molecule has 0 aromatic heterocycles. The van der Waals surface area contributed by atoms with Crippen LogP contribution in [-0.4, -0.2) is 39.5 Å². The minimum atomic E-state index is -4.36. The van der Waals surface area contributed by atoms with E-state index in [0.717, 1.165) is 6.54 Å². The van der Waals surface area contributed by atoms with Gasteiger partial charge in [-0.25, -0.2) is 13.1 Å². The van der Waals surface area contributed by atoms with Crippen molar-refractivity contribution in [2.75, 3.05) is 18.8 Å². The zero-order chi connectivity index (χ0) is 13.5. The van der Waals surface area contributed by atoms with Crippen molar-refractivity contribution < 1.29 is 21.6 Å². The molecule has 1 unspecified atom stereocenters. The van der Waals surface area contributed by atoms with Gasteiger partial charge in [-0.1, -0.05) is 6.92 Å². The average molecular weight is 276 g/mol. The molecule has 8 heteroatoms. The van der Waals surface area contributed by atoms with E-state index in [1.54, 1.807) is 0 Å². The fraction of sp³-hybridized carbons (Fsp3) is 1.00. The molecule has 0 saturated carbocycles. The van der Waals surface area contributed by atoms with Crippen LogP contribution >= 0.6 is 0 Å². The smallest absolute Gasteiger partial charge is 0.317 e. The van der Waals surface area contributed by atoms with Gasteiger partial charge in [-0.3, -0.25) is 0 Å². The number of nitrogens with one attached hydrogen (secondary N) is 2. The van der Waals surface area contributed by atoms with E-state index in [0.29, 0.717) is 13.0 Å². The van der Waals surface area contributed by atoms with Crippen molar-refractivity contribution in [2.24, 2.45) is 0 Å². The Morgan fingerprint density at radius 2 is 1.88 bits per heavy atom. The second-order valence-electron chi connectivity index (χ2n) is 3.86. The van der Waals surface area contributed by atoms with E-state index in [2.05, 4.69) is 5.32 Å². The topological polar surface area (TPSA) is 58.2 Å².